The number of hydrogen-bond acceptors (Lipinski definition) is 5. The minimum absolute atomic E-state index is 0.0445. The third kappa shape index (κ3) is 5.09. The number of nitrogens with one attached hydrogen (secondary N) is 2. The number of aromatic amines is 1. The summed E-state index contributed by atoms with van der Waals surface area (Å²) in [5.41, 5.74) is 1.15. The summed E-state index contributed by atoms with van der Waals surface area (Å²) < 4.78 is 45.3. The number of aromatic nitrogens is 2. The Kier molecular flexibility index (Phi) is 6.69. The van der Waals surface area contributed by atoms with E-state index >= 15 is 0 Å². The van der Waals surface area contributed by atoms with Crippen molar-refractivity contribution in [1.29, 1.82) is 0 Å². The van der Waals surface area contributed by atoms with E-state index in [1.807, 2.05) is 0 Å². The number of methoxy groups -OCH3 is 1. The number of H-pyrrole nitrogens is 1. The van der Waals surface area contributed by atoms with Crippen LogP contribution in [-0.4, -0.2) is 35.5 Å². The molecule has 0 spiro atoms. The van der Waals surface area contributed by atoms with Crippen molar-refractivity contribution >= 4 is 34.2 Å². The number of carbonyl (C=O) groups excluding carboxylic acids is 2. The van der Waals surface area contributed by atoms with Crippen molar-refractivity contribution in [1.82, 2.24) is 9.97 Å². The van der Waals surface area contributed by atoms with Crippen molar-refractivity contribution < 1.29 is 32.3 Å². The number of nitrogens with zero attached hydrogens (tertiary/aromatic N) is 2. The first-order valence-corrected chi connectivity index (χ1v) is 10.2. The van der Waals surface area contributed by atoms with E-state index in [4.69, 9.17) is 4.74 Å². The van der Waals surface area contributed by atoms with Crippen molar-refractivity contribution in [3.05, 3.63) is 83.4 Å². The van der Waals surface area contributed by atoms with Crippen LogP contribution in [0, 0.1) is 12.7 Å². The lowest BCUT2D eigenvalue weighted by molar-refractivity contribution is -0.131. The van der Waals surface area contributed by atoms with Gasteiger partial charge >= 0.3 is 6.61 Å². The van der Waals surface area contributed by atoms with E-state index in [1.165, 1.54) is 37.6 Å². The van der Waals surface area contributed by atoms with Crippen LogP contribution in [0.5, 0.6) is 5.75 Å². The molecule has 180 valence electrons. The van der Waals surface area contributed by atoms with E-state index in [9.17, 15) is 22.8 Å². The molecule has 2 aromatic heterocycles. The van der Waals surface area contributed by atoms with Crippen LogP contribution in [0.25, 0.3) is 11.0 Å². The highest BCUT2D eigenvalue weighted by Gasteiger charge is 2.27. The molecule has 0 saturated heterocycles. The second-order valence-electron chi connectivity index (χ2n) is 7.40. The Bertz CT molecular complexity index is 1410. The molecular formula is C24H19F3N4O4. The van der Waals surface area contributed by atoms with Gasteiger partial charge in [0.05, 0.1) is 30.2 Å². The third-order valence-electron chi connectivity index (χ3n) is 5.12. The van der Waals surface area contributed by atoms with E-state index in [0.717, 1.165) is 17.5 Å². The number of anilines is 2. The molecule has 35 heavy (non-hydrogen) atoms. The number of amides is 2. The van der Waals surface area contributed by atoms with Crippen molar-refractivity contribution in [3.63, 3.8) is 0 Å². The zero-order valence-corrected chi connectivity index (χ0v) is 18.5. The van der Waals surface area contributed by atoms with Gasteiger partial charge < -0.3 is 15.0 Å². The molecule has 2 heterocycles. The predicted octanol–water partition coefficient (Wildman–Crippen LogP) is 5.07. The van der Waals surface area contributed by atoms with Gasteiger partial charge in [-0.05, 0) is 55.0 Å². The molecule has 4 rings (SSSR count). The maximum absolute atomic E-state index is 13.8. The fourth-order valence-electron chi connectivity index (χ4n) is 3.45. The molecule has 0 bridgehead atoms. The summed E-state index contributed by atoms with van der Waals surface area (Å²) in [5.74, 6) is -2.49. The standard InChI is InChI=1S/C24H19F3N4O4/c1-13-3-5-17(11-18(13)22(32)30-16-9-14-7-8-28-21(14)29-12-16)31(35-24(26)27)23(33)19-10-15(25)4-6-20(19)34-2/h3-12,24H,1-2H3,(H,28,29)(H,30,32). The Morgan fingerprint density at radius 1 is 1.09 bits per heavy atom. The number of ether oxygens (including phenoxy) is 1. The van der Waals surface area contributed by atoms with E-state index < -0.39 is 24.2 Å². The van der Waals surface area contributed by atoms with Crippen molar-refractivity contribution in [2.45, 2.75) is 13.5 Å². The first-order valence-electron chi connectivity index (χ1n) is 10.2. The summed E-state index contributed by atoms with van der Waals surface area (Å²) in [4.78, 5) is 37.7. The van der Waals surface area contributed by atoms with Crippen LogP contribution < -0.4 is 15.1 Å². The van der Waals surface area contributed by atoms with Crippen molar-refractivity contribution in [2.24, 2.45) is 0 Å². The van der Waals surface area contributed by atoms with Gasteiger partial charge in [0.2, 0.25) is 0 Å². The summed E-state index contributed by atoms with van der Waals surface area (Å²) in [6, 6.07) is 10.6. The highest BCUT2D eigenvalue weighted by atomic mass is 19.3. The Morgan fingerprint density at radius 2 is 1.89 bits per heavy atom. The molecule has 0 radical (unpaired) electrons. The summed E-state index contributed by atoms with van der Waals surface area (Å²) in [5, 5.41) is 3.77. The van der Waals surface area contributed by atoms with Crippen molar-refractivity contribution in [2.75, 3.05) is 17.5 Å². The van der Waals surface area contributed by atoms with Gasteiger partial charge in [-0.2, -0.15) is 18.7 Å². The molecule has 4 aromatic rings. The van der Waals surface area contributed by atoms with Gasteiger partial charge in [0.1, 0.15) is 17.2 Å². The zero-order valence-electron chi connectivity index (χ0n) is 18.5. The van der Waals surface area contributed by atoms with E-state index in [2.05, 4.69) is 20.1 Å². The molecule has 0 saturated carbocycles. The molecule has 0 fully saturated rings. The second-order valence-corrected chi connectivity index (χ2v) is 7.40. The van der Waals surface area contributed by atoms with E-state index in [0.29, 0.717) is 22.0 Å². The minimum Gasteiger partial charge on any atom is -0.496 e. The number of halogens is 3. The number of hydrogen-bond donors (Lipinski definition) is 2. The molecule has 0 unspecified atom stereocenters. The number of benzene rings is 2. The highest BCUT2D eigenvalue weighted by Crippen LogP contribution is 2.28. The summed E-state index contributed by atoms with van der Waals surface area (Å²) in [7, 11) is 1.25. The first-order chi connectivity index (χ1) is 16.8. The average Bonchev–Trinajstić information content (AvgIpc) is 3.30. The maximum atomic E-state index is 13.8. The zero-order chi connectivity index (χ0) is 25.1. The van der Waals surface area contributed by atoms with Crippen molar-refractivity contribution in [3.8, 4) is 5.75 Å². The summed E-state index contributed by atoms with van der Waals surface area (Å²) in [6.07, 6.45) is 3.17. The molecule has 2 N–H and O–H groups in total. The molecular weight excluding hydrogens is 465 g/mol. The normalized spacial score (nSPS) is 11.0. The first kappa shape index (κ1) is 23.8. The lowest BCUT2D eigenvalue weighted by atomic mass is 10.1. The maximum Gasteiger partial charge on any atom is 0.365 e. The molecule has 2 aromatic carbocycles. The predicted molar refractivity (Wildman–Crippen MR) is 122 cm³/mol. The molecule has 0 aliphatic carbocycles. The summed E-state index contributed by atoms with van der Waals surface area (Å²) in [6.45, 7) is -1.74. The smallest absolute Gasteiger partial charge is 0.365 e. The minimum atomic E-state index is -3.38. The lowest BCUT2D eigenvalue weighted by Gasteiger charge is -2.23. The van der Waals surface area contributed by atoms with Crippen LogP contribution in [0.4, 0.5) is 24.5 Å². The van der Waals surface area contributed by atoms with Gasteiger partial charge in [-0.1, -0.05) is 6.07 Å². The fraction of sp³-hybridized carbons (Fsp3) is 0.125. The van der Waals surface area contributed by atoms with Crippen LogP contribution in [0.2, 0.25) is 0 Å². The lowest BCUT2D eigenvalue weighted by Crippen LogP contribution is -2.33. The highest BCUT2D eigenvalue weighted by molar-refractivity contribution is 6.09. The number of fused-ring (bicyclic) bond motifs is 1. The fourth-order valence-corrected chi connectivity index (χ4v) is 3.45. The number of aryl methyl sites for hydroxylation is 1. The molecule has 2 amide bonds. The Balaban J connectivity index is 1.68. The number of alkyl halides is 2. The molecule has 0 aliphatic heterocycles. The third-order valence-corrected chi connectivity index (χ3v) is 5.12. The van der Waals surface area contributed by atoms with Crippen LogP contribution in [0.3, 0.4) is 0 Å². The summed E-state index contributed by atoms with van der Waals surface area (Å²) >= 11 is 0. The number of pyridine rings is 1. The molecule has 0 atom stereocenters. The molecule has 0 aliphatic rings. The van der Waals surface area contributed by atoms with Gasteiger partial charge in [0, 0.05) is 17.1 Å². The van der Waals surface area contributed by atoms with Crippen LogP contribution in [-0.2, 0) is 4.84 Å². The SMILES string of the molecule is COc1ccc(F)cc1C(=O)N(OC(F)F)c1ccc(C)c(C(=O)Nc2cnc3[nH]ccc3c2)c1. The second kappa shape index (κ2) is 9.85. The average molecular weight is 484 g/mol. The quantitative estimate of drug-likeness (QED) is 0.357. The Morgan fingerprint density at radius 3 is 2.63 bits per heavy atom. The monoisotopic (exact) mass is 484 g/mol. The van der Waals surface area contributed by atoms with Crippen LogP contribution >= 0.6 is 0 Å². The van der Waals surface area contributed by atoms with Crippen LogP contribution in [0.15, 0.2) is 60.9 Å². The number of hydroxylamine groups is 1. The Labute approximate surface area is 197 Å². The molecule has 8 nitrogen and oxygen atoms in total. The van der Waals surface area contributed by atoms with Crippen LogP contribution in [0.1, 0.15) is 26.3 Å². The van der Waals surface area contributed by atoms with E-state index in [-0.39, 0.29) is 22.6 Å². The molecule has 11 heteroatoms. The van der Waals surface area contributed by atoms with Gasteiger partial charge in [0.25, 0.3) is 11.8 Å². The van der Waals surface area contributed by atoms with Gasteiger partial charge in [-0.25, -0.2) is 9.37 Å². The van der Waals surface area contributed by atoms with Gasteiger partial charge in [0.15, 0.2) is 0 Å². The largest absolute Gasteiger partial charge is 0.496 e. The number of rotatable bonds is 7. The van der Waals surface area contributed by atoms with Gasteiger partial charge in [-0.15, -0.1) is 0 Å². The van der Waals surface area contributed by atoms with Gasteiger partial charge in [-0.3, -0.25) is 9.59 Å². The topological polar surface area (TPSA) is 96.5 Å². The number of carbonyl (C=O) groups is 2. The van der Waals surface area contributed by atoms with E-state index in [1.54, 1.807) is 25.3 Å². The Hall–Kier alpha value is -4.38.